The van der Waals surface area contributed by atoms with Crippen molar-refractivity contribution in [2.45, 2.75) is 219 Å². The van der Waals surface area contributed by atoms with Crippen LogP contribution in [0.5, 0.6) is 0 Å². The van der Waals surface area contributed by atoms with Gasteiger partial charge in [0.25, 0.3) is 0 Å². The first kappa shape index (κ1) is 52.4. The lowest BCUT2D eigenvalue weighted by atomic mass is 9.46. The van der Waals surface area contributed by atoms with Gasteiger partial charge in [-0.1, -0.05) is 117 Å². The minimum atomic E-state index is -1.75. The van der Waals surface area contributed by atoms with Crippen LogP contribution >= 0.6 is 0 Å². The van der Waals surface area contributed by atoms with E-state index in [1.165, 1.54) is 18.6 Å². The van der Waals surface area contributed by atoms with E-state index in [2.05, 4.69) is 6.92 Å². The van der Waals surface area contributed by atoms with E-state index in [0.29, 0.717) is 24.8 Å². The maximum absolute atomic E-state index is 14.3. The van der Waals surface area contributed by atoms with Crippen molar-refractivity contribution < 1.29 is 71.5 Å². The van der Waals surface area contributed by atoms with Crippen LogP contribution in [-0.2, 0) is 57.2 Å². The van der Waals surface area contributed by atoms with E-state index in [4.69, 9.17) is 31.2 Å². The number of hydrogen-bond acceptors (Lipinski definition) is 14. The summed E-state index contributed by atoms with van der Waals surface area (Å²) in [6.45, 7) is 14.1. The van der Waals surface area contributed by atoms with E-state index in [9.17, 15) is 40.4 Å². The van der Waals surface area contributed by atoms with Gasteiger partial charge in [0.2, 0.25) is 11.6 Å². The predicted octanol–water partition coefficient (Wildman–Crippen LogP) is 9.41. The summed E-state index contributed by atoms with van der Waals surface area (Å²) in [7, 11) is 0. The van der Waals surface area contributed by atoms with Crippen molar-refractivity contribution in [2.75, 3.05) is 13.2 Å². The van der Waals surface area contributed by atoms with Crippen LogP contribution in [0.4, 0.5) is 0 Å². The molecule has 2 saturated heterocycles. The molecule has 0 radical (unpaired) electrons. The summed E-state index contributed by atoms with van der Waals surface area (Å²) in [5.74, 6) is -3.31. The molecule has 2 N–H and O–H groups in total. The maximum atomic E-state index is 14.3. The zero-order chi connectivity index (χ0) is 58.2. The van der Waals surface area contributed by atoms with E-state index >= 15 is 0 Å². The van der Waals surface area contributed by atoms with Crippen molar-refractivity contribution in [1.29, 1.82) is 0 Å². The molecule has 428 valence electrons. The minimum Gasteiger partial charge on any atom is -0.457 e. The predicted molar refractivity (Wildman–Crippen MR) is 286 cm³/mol. The van der Waals surface area contributed by atoms with Gasteiger partial charge in [-0.3, -0.25) is 28.8 Å². The number of ether oxygens (including phenoxy) is 6. The molecule has 0 unspecified atom stereocenters. The highest BCUT2D eigenvalue weighted by molar-refractivity contribution is 6.02. The number of rotatable bonds is 10. The molecule has 0 amide bonds. The highest BCUT2D eigenvalue weighted by Gasteiger charge is 2.78. The van der Waals surface area contributed by atoms with Crippen LogP contribution in [0.15, 0.2) is 47.6 Å². The Labute approximate surface area is 465 Å². The molecule has 10 aliphatic carbocycles. The van der Waals surface area contributed by atoms with Gasteiger partial charge in [-0.25, -0.2) is 0 Å². The first-order chi connectivity index (χ1) is 38.1. The number of aliphatic hydroxyl groups is 2. The van der Waals surface area contributed by atoms with Crippen molar-refractivity contribution in [3.8, 4) is 0 Å². The van der Waals surface area contributed by atoms with Crippen LogP contribution in [0.25, 0.3) is 0 Å². The summed E-state index contributed by atoms with van der Waals surface area (Å²) in [6.07, 6.45) is 16.7. The van der Waals surface area contributed by atoms with Crippen LogP contribution in [0.3, 0.4) is 0 Å². The third-order valence-corrected chi connectivity index (χ3v) is 22.5. The lowest BCUT2D eigenvalue weighted by Gasteiger charge is -2.59. The average Bonchev–Trinajstić information content (AvgIpc) is 1.92. The number of Topliss-reactive ketones (excluding diaryl/α,β-unsaturated/α-hetero) is 2. The third-order valence-electron chi connectivity index (χ3n) is 22.5. The third kappa shape index (κ3) is 8.65. The second-order valence-electron chi connectivity index (χ2n) is 27.3. The first-order valence-electron chi connectivity index (χ1n) is 31.5. The maximum Gasteiger partial charge on any atom is 0.308 e. The van der Waals surface area contributed by atoms with E-state index in [1.807, 2.05) is 26.8 Å². The molecule has 8 saturated carbocycles. The molecule has 0 aromatic heterocycles. The number of fused-ring (bicyclic) bond motifs is 14. The smallest absolute Gasteiger partial charge is 0.308 e. The standard InChI is InChI=1S/2C32H44O7/c2*1-18(2)28(36)37-17-25(35)32-26(38-29(39-32)19-8-6-5-7-9-19)15-23-22-11-10-20-14-21(33)12-13-30(20,3)27(22)24(34)16-31(23,32)4/h2*12-14,18-19,22-24,26-27,29,34H,5-11,15-17H2,1-4H3/t2*22-,23-,24-,26+,27+,29+,30-,31-,32+/m00/s1/i29D;10D2. The molecule has 0 spiro atoms. The molecular formula is C64H88O14. The summed E-state index contributed by atoms with van der Waals surface area (Å²) in [5, 5.41) is 23.8. The Bertz CT molecular complexity index is 2700. The number of carbonyl (C=O) groups excluding carboxylic acids is 6. The molecule has 78 heavy (non-hydrogen) atoms. The fourth-order valence-electron chi connectivity index (χ4n) is 18.7. The van der Waals surface area contributed by atoms with Crippen molar-refractivity contribution in [3.63, 3.8) is 0 Å². The second kappa shape index (κ2) is 20.6. The van der Waals surface area contributed by atoms with Gasteiger partial charge in [0.05, 0.1) is 37.6 Å². The van der Waals surface area contributed by atoms with Gasteiger partial charge in [0, 0.05) is 48.1 Å². The van der Waals surface area contributed by atoms with Gasteiger partial charge in [-0.05, 0) is 125 Å². The first-order valence-corrected chi connectivity index (χ1v) is 30.0. The molecule has 18 atom stereocenters. The number of esters is 2. The van der Waals surface area contributed by atoms with Crippen LogP contribution in [0.1, 0.15) is 175 Å². The van der Waals surface area contributed by atoms with E-state index < -0.39 is 101 Å². The van der Waals surface area contributed by atoms with Crippen molar-refractivity contribution in [2.24, 2.45) is 80.8 Å². The van der Waals surface area contributed by atoms with Crippen LogP contribution in [0, 0.1) is 80.8 Å². The highest BCUT2D eigenvalue weighted by Crippen LogP contribution is 2.72. The lowest BCUT2D eigenvalue weighted by molar-refractivity contribution is -0.210. The number of ketones is 4. The van der Waals surface area contributed by atoms with Crippen LogP contribution in [0.2, 0.25) is 0 Å². The quantitative estimate of drug-likeness (QED) is 0.196. The summed E-state index contributed by atoms with van der Waals surface area (Å²) >= 11 is 0. The molecule has 12 rings (SSSR count). The Hall–Kier alpha value is -3.66. The van der Waals surface area contributed by atoms with E-state index in [0.717, 1.165) is 76.2 Å². The Morgan fingerprint density at radius 2 is 1.10 bits per heavy atom. The van der Waals surface area contributed by atoms with Gasteiger partial charge in [-0.2, -0.15) is 0 Å². The molecule has 2 aliphatic heterocycles. The molecule has 0 aromatic carbocycles. The molecular weight excluding hydrogens is 993 g/mol. The van der Waals surface area contributed by atoms with Crippen LogP contribution < -0.4 is 0 Å². The fourth-order valence-corrected chi connectivity index (χ4v) is 18.7. The summed E-state index contributed by atoms with van der Waals surface area (Å²) in [4.78, 5) is 77.8. The minimum absolute atomic E-state index is 0.00625. The average molecular weight is 1080 g/mol. The SMILES string of the molecule is [2H]C1([2H])C[C@@H]2[C@H]([C@@H](O)C[C@@]3(C)[C@H]2C[C@H]2O[C@@H](C4CCCCC4)O[C@]23C(=O)COC(=O)C(C)C)[C@@]2(C)C=CC(=O)C=C12.[2H][C@@]1(C2CCCCC2)O[C@@H]2C[C@H]3[C@@H]4CCC5=CC(=O)C=C[C@]5(C)[C@H]4[C@@H](O)C[C@]3(C)[C@]2(C(=O)COC(=O)C(C)C)O1. The topological polar surface area (TPSA) is 198 Å². The van der Waals surface area contributed by atoms with Gasteiger partial charge in [0.1, 0.15) is 0 Å². The molecule has 2 heterocycles. The Morgan fingerprint density at radius 1 is 0.641 bits per heavy atom. The van der Waals surface area contributed by atoms with E-state index in [-0.39, 0.29) is 95.2 Å². The summed E-state index contributed by atoms with van der Waals surface area (Å²) in [6, 6.07) is 0. The number of hydrogen-bond donors (Lipinski definition) is 2. The molecule has 12 aliphatic rings. The van der Waals surface area contributed by atoms with Gasteiger partial charge >= 0.3 is 11.9 Å². The van der Waals surface area contributed by atoms with E-state index in [1.54, 1.807) is 45.9 Å². The van der Waals surface area contributed by atoms with Crippen molar-refractivity contribution >= 4 is 35.1 Å². The number of aliphatic hydroxyl groups excluding tert-OH is 2. The molecule has 14 heteroatoms. The molecule has 0 aromatic rings. The molecule has 10 fully saturated rings. The number of carbonyl (C=O) groups is 6. The van der Waals surface area contributed by atoms with Crippen LogP contribution in [-0.4, -0.2) is 107 Å². The van der Waals surface area contributed by atoms with Gasteiger partial charge < -0.3 is 38.6 Å². The molecule has 0 bridgehead atoms. The van der Waals surface area contributed by atoms with Gasteiger partial charge in [-0.15, -0.1) is 0 Å². The fraction of sp³-hybridized carbons (Fsp3) is 0.781. The Kier molecular flexibility index (Phi) is 13.9. The highest BCUT2D eigenvalue weighted by atomic mass is 16.8. The van der Waals surface area contributed by atoms with Crippen molar-refractivity contribution in [1.82, 2.24) is 0 Å². The summed E-state index contributed by atoms with van der Waals surface area (Å²) in [5.41, 5.74) is -4.29. The Morgan fingerprint density at radius 3 is 1.63 bits per heavy atom. The Balaban J connectivity index is 0.000000170. The monoisotopic (exact) mass is 1080 g/mol. The zero-order valence-corrected chi connectivity index (χ0v) is 47.4. The largest absolute Gasteiger partial charge is 0.457 e. The number of allylic oxidation sites excluding steroid dienone is 8. The van der Waals surface area contributed by atoms with Crippen molar-refractivity contribution in [3.05, 3.63) is 47.6 Å². The normalized spacial score (nSPS) is 47.4. The second-order valence-corrected chi connectivity index (χ2v) is 27.3. The molecule has 14 nitrogen and oxygen atoms in total. The van der Waals surface area contributed by atoms with Gasteiger partial charge in [0.15, 0.2) is 48.5 Å². The zero-order valence-electron chi connectivity index (χ0n) is 50.4. The summed E-state index contributed by atoms with van der Waals surface area (Å²) < 4.78 is 65.1. The lowest BCUT2D eigenvalue weighted by Crippen LogP contribution is -2.63.